The lowest BCUT2D eigenvalue weighted by molar-refractivity contribution is 0.445. The number of aryl methyl sites for hydroxylation is 1. The fraction of sp³-hybridized carbons (Fsp3) is 0.375. The Bertz CT molecular complexity index is 728. The zero-order valence-corrected chi connectivity index (χ0v) is 12.9. The Kier molecular flexibility index (Phi) is 4.31. The lowest BCUT2D eigenvalue weighted by Crippen LogP contribution is -2.31. The van der Waals surface area contributed by atoms with Crippen LogP contribution in [0.1, 0.15) is 23.7 Å². The van der Waals surface area contributed by atoms with Crippen LogP contribution >= 0.6 is 0 Å². The van der Waals surface area contributed by atoms with E-state index in [1.807, 2.05) is 12.1 Å². The topological polar surface area (TPSA) is 50.5 Å². The summed E-state index contributed by atoms with van der Waals surface area (Å²) in [5.74, 6) is 0.511. The first-order valence-corrected chi connectivity index (χ1v) is 8.92. The molecule has 0 bridgehead atoms. The standard InChI is InChI=1S/C16H18FNO3S/c17-15-5-2-1-4-13(15)8-11-22(19,20)18-9-7-14(12-18)16-6-3-10-21-16/h1-6,10,14H,7-9,11-12H2. The molecule has 1 fully saturated rings. The summed E-state index contributed by atoms with van der Waals surface area (Å²) in [5.41, 5.74) is 0.438. The predicted octanol–water partition coefficient (Wildman–Crippen LogP) is 2.78. The molecule has 118 valence electrons. The molecular formula is C16H18FNO3S. The van der Waals surface area contributed by atoms with Crippen LogP contribution in [0, 0.1) is 5.82 Å². The molecule has 0 amide bonds. The van der Waals surface area contributed by atoms with Crippen molar-refractivity contribution in [1.29, 1.82) is 0 Å². The molecule has 1 aromatic heterocycles. The van der Waals surface area contributed by atoms with Crippen LogP contribution in [0.2, 0.25) is 0 Å². The molecule has 2 heterocycles. The Balaban J connectivity index is 1.63. The molecule has 1 aliphatic heterocycles. The van der Waals surface area contributed by atoms with Crippen molar-refractivity contribution < 1.29 is 17.2 Å². The Morgan fingerprint density at radius 1 is 1.23 bits per heavy atom. The minimum atomic E-state index is -3.37. The second kappa shape index (κ2) is 6.22. The molecule has 1 aliphatic rings. The van der Waals surface area contributed by atoms with Crippen molar-refractivity contribution >= 4 is 10.0 Å². The number of furan rings is 1. The first kappa shape index (κ1) is 15.2. The van der Waals surface area contributed by atoms with Crippen LogP contribution in [-0.4, -0.2) is 31.6 Å². The summed E-state index contributed by atoms with van der Waals surface area (Å²) in [7, 11) is -3.37. The molecule has 0 radical (unpaired) electrons. The van der Waals surface area contributed by atoms with E-state index in [9.17, 15) is 12.8 Å². The first-order valence-electron chi connectivity index (χ1n) is 7.31. The van der Waals surface area contributed by atoms with E-state index >= 15 is 0 Å². The Morgan fingerprint density at radius 3 is 2.77 bits per heavy atom. The van der Waals surface area contributed by atoms with Crippen molar-refractivity contribution in [2.24, 2.45) is 0 Å². The van der Waals surface area contributed by atoms with Gasteiger partial charge in [-0.15, -0.1) is 0 Å². The molecule has 1 saturated heterocycles. The van der Waals surface area contributed by atoms with Crippen molar-refractivity contribution in [2.75, 3.05) is 18.8 Å². The van der Waals surface area contributed by atoms with E-state index in [1.54, 1.807) is 24.5 Å². The van der Waals surface area contributed by atoms with Gasteiger partial charge in [0.25, 0.3) is 0 Å². The summed E-state index contributed by atoms with van der Waals surface area (Å²) in [6.07, 6.45) is 2.55. The van der Waals surface area contributed by atoms with Gasteiger partial charge in [0.2, 0.25) is 10.0 Å². The van der Waals surface area contributed by atoms with Crippen molar-refractivity contribution in [3.63, 3.8) is 0 Å². The highest BCUT2D eigenvalue weighted by Crippen LogP contribution is 2.29. The van der Waals surface area contributed by atoms with Gasteiger partial charge in [0.05, 0.1) is 12.0 Å². The molecule has 0 saturated carbocycles. The summed E-state index contributed by atoms with van der Waals surface area (Å²) in [4.78, 5) is 0. The minimum Gasteiger partial charge on any atom is -0.469 e. The van der Waals surface area contributed by atoms with Gasteiger partial charge in [-0.1, -0.05) is 18.2 Å². The van der Waals surface area contributed by atoms with Gasteiger partial charge >= 0.3 is 0 Å². The van der Waals surface area contributed by atoms with Crippen LogP contribution in [-0.2, 0) is 16.4 Å². The normalized spacial score (nSPS) is 19.6. The molecule has 1 atom stereocenters. The van der Waals surface area contributed by atoms with Gasteiger partial charge in [-0.2, -0.15) is 0 Å². The SMILES string of the molecule is O=S(=O)(CCc1ccccc1F)N1CCC(c2ccco2)C1. The van der Waals surface area contributed by atoms with Crippen LogP contribution in [0.25, 0.3) is 0 Å². The fourth-order valence-electron chi connectivity index (χ4n) is 2.81. The minimum absolute atomic E-state index is 0.0706. The predicted molar refractivity (Wildman–Crippen MR) is 81.5 cm³/mol. The van der Waals surface area contributed by atoms with Crippen molar-refractivity contribution in [2.45, 2.75) is 18.8 Å². The molecule has 0 aliphatic carbocycles. The van der Waals surface area contributed by atoms with Gasteiger partial charge in [-0.25, -0.2) is 17.1 Å². The molecule has 0 spiro atoms. The van der Waals surface area contributed by atoms with E-state index in [0.29, 0.717) is 18.7 Å². The van der Waals surface area contributed by atoms with E-state index in [0.717, 1.165) is 12.2 Å². The second-order valence-corrected chi connectivity index (χ2v) is 7.60. The molecule has 6 heteroatoms. The summed E-state index contributed by atoms with van der Waals surface area (Å²) in [5, 5.41) is 0. The summed E-state index contributed by atoms with van der Waals surface area (Å²) in [6, 6.07) is 9.98. The lowest BCUT2D eigenvalue weighted by Gasteiger charge is -2.16. The Hall–Kier alpha value is -1.66. The first-order chi connectivity index (χ1) is 10.6. The van der Waals surface area contributed by atoms with Crippen molar-refractivity contribution in [1.82, 2.24) is 4.31 Å². The van der Waals surface area contributed by atoms with Crippen LogP contribution in [0.15, 0.2) is 47.1 Å². The number of nitrogens with zero attached hydrogens (tertiary/aromatic N) is 1. The van der Waals surface area contributed by atoms with Gasteiger partial charge in [0.1, 0.15) is 11.6 Å². The quantitative estimate of drug-likeness (QED) is 0.850. The fourth-order valence-corrected chi connectivity index (χ4v) is 4.33. The molecule has 1 aromatic carbocycles. The van der Waals surface area contributed by atoms with Crippen molar-refractivity contribution in [3.8, 4) is 0 Å². The average Bonchev–Trinajstić information content (AvgIpc) is 3.17. The molecule has 0 N–H and O–H groups in total. The van der Waals surface area contributed by atoms with Crippen LogP contribution in [0.3, 0.4) is 0 Å². The van der Waals surface area contributed by atoms with Crippen LogP contribution < -0.4 is 0 Å². The zero-order valence-electron chi connectivity index (χ0n) is 12.1. The van der Waals surface area contributed by atoms with E-state index in [1.165, 1.54) is 10.4 Å². The molecule has 2 aromatic rings. The van der Waals surface area contributed by atoms with Crippen LogP contribution in [0.4, 0.5) is 4.39 Å². The number of rotatable bonds is 5. The van der Waals surface area contributed by atoms with E-state index in [4.69, 9.17) is 4.42 Å². The lowest BCUT2D eigenvalue weighted by atomic mass is 10.1. The van der Waals surface area contributed by atoms with Crippen LogP contribution in [0.5, 0.6) is 0 Å². The molecule has 22 heavy (non-hydrogen) atoms. The molecular weight excluding hydrogens is 305 g/mol. The summed E-state index contributed by atoms with van der Waals surface area (Å²) >= 11 is 0. The largest absolute Gasteiger partial charge is 0.469 e. The Morgan fingerprint density at radius 2 is 2.05 bits per heavy atom. The van der Waals surface area contributed by atoms with Gasteiger partial charge in [-0.05, 0) is 36.6 Å². The maximum Gasteiger partial charge on any atom is 0.214 e. The number of halogens is 1. The van der Waals surface area contributed by atoms with E-state index < -0.39 is 10.0 Å². The van der Waals surface area contributed by atoms with E-state index in [2.05, 4.69) is 0 Å². The average molecular weight is 323 g/mol. The highest BCUT2D eigenvalue weighted by Gasteiger charge is 2.33. The number of hydrogen-bond donors (Lipinski definition) is 0. The summed E-state index contributed by atoms with van der Waals surface area (Å²) < 4.78 is 45.2. The zero-order chi connectivity index (χ0) is 15.6. The van der Waals surface area contributed by atoms with Crippen molar-refractivity contribution in [3.05, 3.63) is 59.8 Å². The van der Waals surface area contributed by atoms with Gasteiger partial charge in [0, 0.05) is 19.0 Å². The monoisotopic (exact) mass is 323 g/mol. The highest BCUT2D eigenvalue weighted by molar-refractivity contribution is 7.89. The Labute approximate surface area is 129 Å². The maximum absolute atomic E-state index is 13.6. The molecule has 3 rings (SSSR count). The molecule has 4 nitrogen and oxygen atoms in total. The number of hydrogen-bond acceptors (Lipinski definition) is 3. The third-order valence-electron chi connectivity index (χ3n) is 4.08. The second-order valence-electron chi connectivity index (χ2n) is 5.52. The van der Waals surface area contributed by atoms with Gasteiger partial charge < -0.3 is 4.42 Å². The number of sulfonamides is 1. The smallest absolute Gasteiger partial charge is 0.214 e. The van der Waals surface area contributed by atoms with Gasteiger partial charge in [0.15, 0.2) is 0 Å². The van der Waals surface area contributed by atoms with Gasteiger partial charge in [-0.3, -0.25) is 0 Å². The summed E-state index contributed by atoms with van der Waals surface area (Å²) in [6.45, 7) is 0.929. The highest BCUT2D eigenvalue weighted by atomic mass is 32.2. The molecule has 1 unspecified atom stereocenters. The van der Waals surface area contributed by atoms with E-state index in [-0.39, 0.29) is 23.9 Å². The maximum atomic E-state index is 13.6. The number of benzene rings is 1. The third kappa shape index (κ3) is 3.23. The third-order valence-corrected chi connectivity index (χ3v) is 5.92.